The maximum Gasteiger partial charge on any atom is 0.244 e. The van der Waals surface area contributed by atoms with E-state index >= 15 is 0 Å². The quantitative estimate of drug-likeness (QED) is 0.357. The summed E-state index contributed by atoms with van der Waals surface area (Å²) in [5.74, 6) is -0.00543. The zero-order chi connectivity index (χ0) is 29.6. The van der Waals surface area contributed by atoms with Gasteiger partial charge in [-0.05, 0) is 49.2 Å². The summed E-state index contributed by atoms with van der Waals surface area (Å²) >= 11 is 6.24. The van der Waals surface area contributed by atoms with E-state index < -0.39 is 28.5 Å². The molecule has 0 aliphatic carbocycles. The van der Waals surface area contributed by atoms with Gasteiger partial charge in [-0.1, -0.05) is 54.1 Å². The molecule has 1 aliphatic rings. The summed E-state index contributed by atoms with van der Waals surface area (Å²) in [4.78, 5) is 29.1. The van der Waals surface area contributed by atoms with Gasteiger partial charge in [0.2, 0.25) is 21.8 Å². The summed E-state index contributed by atoms with van der Waals surface area (Å²) in [5.41, 5.74) is 1.80. The van der Waals surface area contributed by atoms with E-state index in [4.69, 9.17) is 21.1 Å². The monoisotopic (exact) mass is 599 g/mol. The van der Waals surface area contributed by atoms with Crippen LogP contribution in [0.5, 0.6) is 11.5 Å². The van der Waals surface area contributed by atoms with Crippen LogP contribution in [0.4, 0.5) is 5.69 Å². The van der Waals surface area contributed by atoms with Gasteiger partial charge in [-0.2, -0.15) is 0 Å². The van der Waals surface area contributed by atoms with Crippen molar-refractivity contribution in [1.29, 1.82) is 0 Å². The molecule has 2 amide bonds. The van der Waals surface area contributed by atoms with Gasteiger partial charge in [0.25, 0.3) is 0 Å². The Labute approximate surface area is 246 Å². The fourth-order valence-electron chi connectivity index (χ4n) is 4.57. The summed E-state index contributed by atoms with van der Waals surface area (Å²) in [6.07, 6.45) is 1.26. The van der Waals surface area contributed by atoms with Crippen LogP contribution in [0.1, 0.15) is 25.0 Å². The van der Waals surface area contributed by atoms with Crippen molar-refractivity contribution >= 4 is 39.1 Å². The number of carbonyl (C=O) groups is 2. The van der Waals surface area contributed by atoms with Gasteiger partial charge in [-0.15, -0.1) is 0 Å². The first kappa shape index (κ1) is 30.2. The van der Waals surface area contributed by atoms with Gasteiger partial charge in [0.1, 0.15) is 25.8 Å². The number of halogens is 1. The van der Waals surface area contributed by atoms with Crippen molar-refractivity contribution in [2.24, 2.45) is 0 Å². The molecular formula is C30H34ClN3O6S. The number of rotatable bonds is 11. The van der Waals surface area contributed by atoms with E-state index in [0.717, 1.165) is 16.1 Å². The lowest BCUT2D eigenvalue weighted by molar-refractivity contribution is -0.140. The highest BCUT2D eigenvalue weighted by atomic mass is 35.5. The smallest absolute Gasteiger partial charge is 0.244 e. The minimum atomic E-state index is -3.91. The molecule has 218 valence electrons. The molecule has 1 atom stereocenters. The molecular weight excluding hydrogens is 566 g/mol. The molecule has 0 saturated heterocycles. The van der Waals surface area contributed by atoms with Crippen LogP contribution in [0.2, 0.25) is 5.02 Å². The summed E-state index contributed by atoms with van der Waals surface area (Å²) < 4.78 is 38.2. The minimum Gasteiger partial charge on any atom is -0.486 e. The number of benzene rings is 3. The molecule has 0 spiro atoms. The van der Waals surface area contributed by atoms with E-state index in [-0.39, 0.29) is 30.6 Å². The van der Waals surface area contributed by atoms with Gasteiger partial charge >= 0.3 is 0 Å². The SMILES string of the molecule is CC(C)NC(=O)[C@H](Cc1ccccc1)N(Cc1cccc(Cl)c1)C(=O)CN(c1ccc2c(c1)OCCO2)S(C)(=O)=O. The molecule has 4 rings (SSSR count). The fraction of sp³-hybridized carbons (Fsp3) is 0.333. The van der Waals surface area contributed by atoms with Crippen LogP contribution >= 0.6 is 11.6 Å². The lowest BCUT2D eigenvalue weighted by Gasteiger charge is -2.34. The Morgan fingerprint density at radius 2 is 1.61 bits per heavy atom. The number of nitrogens with zero attached hydrogens (tertiary/aromatic N) is 2. The maximum atomic E-state index is 14.1. The lowest BCUT2D eigenvalue weighted by Crippen LogP contribution is -2.54. The zero-order valence-electron chi connectivity index (χ0n) is 23.2. The number of hydrogen-bond donors (Lipinski definition) is 1. The topological polar surface area (TPSA) is 105 Å². The van der Waals surface area contributed by atoms with Gasteiger partial charge in [-0.25, -0.2) is 8.42 Å². The Hall–Kier alpha value is -3.76. The van der Waals surface area contributed by atoms with Crippen LogP contribution in [0.25, 0.3) is 0 Å². The largest absolute Gasteiger partial charge is 0.486 e. The Balaban J connectivity index is 1.73. The molecule has 3 aromatic rings. The van der Waals surface area contributed by atoms with E-state index in [2.05, 4.69) is 5.32 Å². The predicted molar refractivity (Wildman–Crippen MR) is 159 cm³/mol. The summed E-state index contributed by atoms with van der Waals surface area (Å²) in [6, 6.07) is 20.0. The second-order valence-corrected chi connectivity index (χ2v) is 12.5. The van der Waals surface area contributed by atoms with Crippen LogP contribution in [0.15, 0.2) is 72.8 Å². The standard InChI is InChI=1S/C30H34ClN3O6S/c1-21(2)32-30(36)26(17-22-8-5-4-6-9-22)33(19-23-10-7-11-24(31)16-23)29(35)20-34(41(3,37)38)25-12-13-27-28(18-25)40-15-14-39-27/h4-13,16,18,21,26H,14-15,17,19-20H2,1-3H3,(H,32,36)/t26-/m0/s1. The van der Waals surface area contributed by atoms with Crippen molar-refractivity contribution in [2.75, 3.05) is 30.3 Å². The summed E-state index contributed by atoms with van der Waals surface area (Å²) in [7, 11) is -3.91. The minimum absolute atomic E-state index is 0.0428. The summed E-state index contributed by atoms with van der Waals surface area (Å²) in [5, 5.41) is 3.41. The molecule has 0 unspecified atom stereocenters. The Morgan fingerprint density at radius 1 is 0.927 bits per heavy atom. The third kappa shape index (κ3) is 8.14. The number of sulfonamides is 1. The molecule has 9 nitrogen and oxygen atoms in total. The molecule has 0 aromatic heterocycles. The highest BCUT2D eigenvalue weighted by molar-refractivity contribution is 7.92. The van der Waals surface area contributed by atoms with Crippen LogP contribution in [-0.4, -0.2) is 63.2 Å². The molecule has 1 aliphatic heterocycles. The number of ether oxygens (including phenoxy) is 2. The van der Waals surface area contributed by atoms with Crippen molar-refractivity contribution in [3.8, 4) is 11.5 Å². The van der Waals surface area contributed by atoms with Gasteiger partial charge in [0, 0.05) is 30.1 Å². The van der Waals surface area contributed by atoms with E-state index in [0.29, 0.717) is 35.3 Å². The van der Waals surface area contributed by atoms with Gasteiger partial charge in [0.05, 0.1) is 11.9 Å². The number of amides is 2. The van der Waals surface area contributed by atoms with E-state index in [1.807, 2.05) is 44.2 Å². The molecule has 0 radical (unpaired) electrons. The molecule has 11 heteroatoms. The van der Waals surface area contributed by atoms with E-state index in [1.165, 1.54) is 11.0 Å². The first-order valence-corrected chi connectivity index (χ1v) is 15.5. The summed E-state index contributed by atoms with van der Waals surface area (Å²) in [6.45, 7) is 3.91. The number of fused-ring (bicyclic) bond motifs is 1. The Bertz CT molecular complexity index is 1480. The van der Waals surface area contributed by atoms with E-state index in [1.54, 1.807) is 36.4 Å². The number of nitrogens with one attached hydrogen (secondary N) is 1. The highest BCUT2D eigenvalue weighted by Crippen LogP contribution is 2.35. The van der Waals surface area contributed by atoms with E-state index in [9.17, 15) is 18.0 Å². The number of anilines is 1. The Morgan fingerprint density at radius 3 is 2.27 bits per heavy atom. The molecule has 0 bridgehead atoms. The predicted octanol–water partition coefficient (Wildman–Crippen LogP) is 4.04. The van der Waals surface area contributed by atoms with Crippen LogP contribution in [-0.2, 0) is 32.6 Å². The zero-order valence-corrected chi connectivity index (χ0v) is 24.8. The van der Waals surface area contributed by atoms with Crippen LogP contribution in [0, 0.1) is 0 Å². The molecule has 3 aromatic carbocycles. The molecule has 1 heterocycles. The van der Waals surface area contributed by atoms with Crippen molar-refractivity contribution in [2.45, 2.75) is 38.9 Å². The van der Waals surface area contributed by atoms with Crippen molar-refractivity contribution < 1.29 is 27.5 Å². The molecule has 0 fully saturated rings. The van der Waals surface area contributed by atoms with Crippen LogP contribution in [0.3, 0.4) is 0 Å². The van der Waals surface area contributed by atoms with Crippen molar-refractivity contribution in [1.82, 2.24) is 10.2 Å². The third-order valence-corrected chi connectivity index (χ3v) is 7.81. The van der Waals surface area contributed by atoms with Crippen molar-refractivity contribution in [3.05, 3.63) is 88.9 Å². The first-order chi connectivity index (χ1) is 19.5. The first-order valence-electron chi connectivity index (χ1n) is 13.3. The fourth-order valence-corrected chi connectivity index (χ4v) is 5.62. The highest BCUT2D eigenvalue weighted by Gasteiger charge is 2.33. The van der Waals surface area contributed by atoms with Gasteiger partial charge in [-0.3, -0.25) is 13.9 Å². The average Bonchev–Trinajstić information content (AvgIpc) is 2.93. The molecule has 41 heavy (non-hydrogen) atoms. The van der Waals surface area contributed by atoms with Crippen LogP contribution < -0.4 is 19.1 Å². The van der Waals surface area contributed by atoms with Gasteiger partial charge in [0.15, 0.2) is 11.5 Å². The average molecular weight is 600 g/mol. The lowest BCUT2D eigenvalue weighted by atomic mass is 10.0. The van der Waals surface area contributed by atoms with Gasteiger partial charge < -0.3 is 19.7 Å². The Kier molecular flexibility index (Phi) is 9.77. The molecule has 1 N–H and O–H groups in total. The maximum absolute atomic E-state index is 14.1. The second-order valence-electron chi connectivity index (χ2n) is 10.1. The third-order valence-electron chi connectivity index (χ3n) is 6.44. The normalized spacial score (nSPS) is 13.4. The molecule has 0 saturated carbocycles. The second kappa shape index (κ2) is 13.3. The number of carbonyl (C=O) groups excluding carboxylic acids is 2. The van der Waals surface area contributed by atoms with Crippen molar-refractivity contribution in [3.63, 3.8) is 0 Å². The number of hydrogen-bond acceptors (Lipinski definition) is 6.